The molecule has 0 spiro atoms. The molecule has 0 amide bonds. The first-order valence-electron chi connectivity index (χ1n) is 6.53. The van der Waals surface area contributed by atoms with Gasteiger partial charge in [-0.3, -0.25) is 0 Å². The van der Waals surface area contributed by atoms with E-state index in [1.165, 1.54) is 0 Å². The Morgan fingerprint density at radius 1 is 0.789 bits per heavy atom. The third kappa shape index (κ3) is 5.54. The fourth-order valence-corrected chi connectivity index (χ4v) is 1.29. The number of anilines is 1. The second-order valence-corrected chi connectivity index (χ2v) is 6.77. The van der Waals surface area contributed by atoms with E-state index < -0.39 is 0 Å². The number of rotatable bonds is 0. The maximum absolute atomic E-state index is 6.14. The molecule has 1 rings (SSSR count). The first-order valence-corrected chi connectivity index (χ1v) is 6.53. The Balaban J connectivity index is 3.18. The lowest BCUT2D eigenvalue weighted by Crippen LogP contribution is -2.01. The molecule has 0 radical (unpaired) electrons. The van der Waals surface area contributed by atoms with Crippen molar-refractivity contribution in [1.82, 2.24) is 0 Å². The summed E-state index contributed by atoms with van der Waals surface area (Å²) in [6.45, 7) is 12.5. The molecule has 2 N–H and O–H groups in total. The lowest BCUT2D eigenvalue weighted by Gasteiger charge is -2.09. The average molecular weight is 253 g/mol. The van der Waals surface area contributed by atoms with E-state index >= 15 is 0 Å². The summed E-state index contributed by atoms with van der Waals surface area (Å²) in [5.74, 6) is 12.7. The number of para-hydroxylation sites is 1. The van der Waals surface area contributed by atoms with Crippen LogP contribution < -0.4 is 5.73 Å². The van der Waals surface area contributed by atoms with Gasteiger partial charge < -0.3 is 5.73 Å². The Labute approximate surface area is 117 Å². The molecule has 0 atom stereocenters. The van der Waals surface area contributed by atoms with Gasteiger partial charge in [-0.15, -0.1) is 0 Å². The summed E-state index contributed by atoms with van der Waals surface area (Å²) >= 11 is 0. The molecule has 0 heterocycles. The molecule has 1 nitrogen and oxygen atoms in total. The minimum atomic E-state index is -0.0282. The maximum Gasteiger partial charge on any atom is 0.0632 e. The summed E-state index contributed by atoms with van der Waals surface area (Å²) in [6, 6.07) is 5.84. The van der Waals surface area contributed by atoms with Crippen LogP contribution in [0.4, 0.5) is 5.69 Å². The Hall–Kier alpha value is -1.86. The molecule has 0 aromatic heterocycles. The topological polar surface area (TPSA) is 26.0 Å². The second kappa shape index (κ2) is 5.41. The highest BCUT2D eigenvalue weighted by molar-refractivity contribution is 5.65. The molecular weight excluding hydrogens is 230 g/mol. The van der Waals surface area contributed by atoms with Crippen LogP contribution in [0.3, 0.4) is 0 Å². The predicted molar refractivity (Wildman–Crippen MR) is 83.5 cm³/mol. The van der Waals surface area contributed by atoms with E-state index in [9.17, 15) is 0 Å². The Bertz CT molecular complexity index is 522. The summed E-state index contributed by atoms with van der Waals surface area (Å²) in [5, 5.41) is 0. The zero-order chi connectivity index (χ0) is 14.7. The molecule has 1 heteroatoms. The van der Waals surface area contributed by atoms with E-state index in [2.05, 4.69) is 65.2 Å². The lowest BCUT2D eigenvalue weighted by molar-refractivity contribution is 0.570. The van der Waals surface area contributed by atoms with Crippen molar-refractivity contribution in [1.29, 1.82) is 0 Å². The largest absolute Gasteiger partial charge is 0.397 e. The Morgan fingerprint density at radius 3 is 1.47 bits per heavy atom. The molecule has 0 bridgehead atoms. The quantitative estimate of drug-likeness (QED) is 0.547. The summed E-state index contributed by atoms with van der Waals surface area (Å²) in [7, 11) is 0. The zero-order valence-corrected chi connectivity index (χ0v) is 12.8. The van der Waals surface area contributed by atoms with Gasteiger partial charge in [-0.1, -0.05) is 29.7 Å². The van der Waals surface area contributed by atoms with Crippen molar-refractivity contribution in [3.63, 3.8) is 0 Å². The first kappa shape index (κ1) is 15.2. The van der Waals surface area contributed by atoms with Crippen LogP contribution in [0.5, 0.6) is 0 Å². The van der Waals surface area contributed by atoms with E-state index in [1.807, 2.05) is 18.2 Å². The minimum Gasteiger partial charge on any atom is -0.397 e. The van der Waals surface area contributed by atoms with Crippen molar-refractivity contribution < 1.29 is 0 Å². The monoisotopic (exact) mass is 253 g/mol. The van der Waals surface area contributed by atoms with Crippen molar-refractivity contribution in [2.24, 2.45) is 10.8 Å². The molecule has 0 aliphatic carbocycles. The summed E-state index contributed by atoms with van der Waals surface area (Å²) in [6.07, 6.45) is 0. The normalized spacial score (nSPS) is 11.1. The van der Waals surface area contributed by atoms with E-state index in [1.54, 1.807) is 0 Å². The highest BCUT2D eigenvalue weighted by Crippen LogP contribution is 2.18. The van der Waals surface area contributed by atoms with Crippen molar-refractivity contribution in [2.45, 2.75) is 41.5 Å². The van der Waals surface area contributed by atoms with Crippen LogP contribution in [-0.2, 0) is 0 Å². The molecule has 0 saturated heterocycles. The summed E-state index contributed by atoms with van der Waals surface area (Å²) in [5.41, 5.74) is 8.47. The first-order chi connectivity index (χ1) is 8.58. The lowest BCUT2D eigenvalue weighted by atomic mass is 9.96. The fourth-order valence-electron chi connectivity index (χ4n) is 1.29. The van der Waals surface area contributed by atoms with Crippen molar-refractivity contribution >= 4 is 5.69 Å². The molecule has 0 aliphatic heterocycles. The minimum absolute atomic E-state index is 0.0282. The second-order valence-electron chi connectivity index (χ2n) is 6.77. The Kier molecular flexibility index (Phi) is 4.33. The van der Waals surface area contributed by atoms with Gasteiger partial charge in [0, 0.05) is 22.0 Å². The van der Waals surface area contributed by atoms with Gasteiger partial charge in [-0.25, -0.2) is 0 Å². The molecule has 0 saturated carbocycles. The molecule has 0 aliphatic rings. The summed E-state index contributed by atoms with van der Waals surface area (Å²) in [4.78, 5) is 0. The van der Waals surface area contributed by atoms with Crippen molar-refractivity contribution in [3.8, 4) is 23.7 Å². The van der Waals surface area contributed by atoms with Crippen LogP contribution in [0, 0.1) is 34.5 Å². The van der Waals surface area contributed by atoms with Gasteiger partial charge in [0.25, 0.3) is 0 Å². The number of hydrogen-bond acceptors (Lipinski definition) is 1. The molecule has 0 unspecified atom stereocenters. The predicted octanol–water partition coefficient (Wildman–Crippen LogP) is 4.06. The van der Waals surface area contributed by atoms with E-state index in [0.29, 0.717) is 5.69 Å². The maximum atomic E-state index is 6.14. The van der Waals surface area contributed by atoms with Crippen LogP contribution in [0.25, 0.3) is 0 Å². The van der Waals surface area contributed by atoms with Crippen LogP contribution >= 0.6 is 0 Å². The van der Waals surface area contributed by atoms with Crippen LogP contribution in [0.1, 0.15) is 52.7 Å². The summed E-state index contributed by atoms with van der Waals surface area (Å²) < 4.78 is 0. The van der Waals surface area contributed by atoms with Gasteiger partial charge in [0.05, 0.1) is 5.69 Å². The number of nitrogen functional groups attached to an aromatic ring is 1. The number of nitrogens with two attached hydrogens (primary N) is 1. The third-order valence-electron chi connectivity index (χ3n) is 2.25. The molecule has 1 aromatic carbocycles. The molecule has 0 fully saturated rings. The van der Waals surface area contributed by atoms with E-state index in [-0.39, 0.29) is 10.8 Å². The Morgan fingerprint density at radius 2 is 1.16 bits per heavy atom. The van der Waals surface area contributed by atoms with Gasteiger partial charge in [-0.2, -0.15) is 0 Å². The van der Waals surface area contributed by atoms with Crippen molar-refractivity contribution in [3.05, 3.63) is 29.3 Å². The SMILES string of the molecule is CC(C)(C)C#Cc1cccc(C#CC(C)(C)C)c1N. The third-order valence-corrected chi connectivity index (χ3v) is 2.25. The van der Waals surface area contributed by atoms with Crippen molar-refractivity contribution in [2.75, 3.05) is 5.73 Å². The van der Waals surface area contributed by atoms with E-state index in [0.717, 1.165) is 11.1 Å². The fraction of sp³-hybridized carbons (Fsp3) is 0.444. The van der Waals surface area contributed by atoms with Gasteiger partial charge in [-0.05, 0) is 53.7 Å². The highest BCUT2D eigenvalue weighted by Gasteiger charge is 2.07. The zero-order valence-electron chi connectivity index (χ0n) is 12.8. The number of hydrogen-bond donors (Lipinski definition) is 1. The molecule has 100 valence electrons. The van der Waals surface area contributed by atoms with Crippen LogP contribution in [-0.4, -0.2) is 0 Å². The highest BCUT2D eigenvalue weighted by atomic mass is 14.6. The van der Waals surface area contributed by atoms with Crippen LogP contribution in [0.2, 0.25) is 0 Å². The molecule has 1 aromatic rings. The van der Waals surface area contributed by atoms with Gasteiger partial charge in [0.2, 0.25) is 0 Å². The van der Waals surface area contributed by atoms with E-state index in [4.69, 9.17) is 5.73 Å². The van der Waals surface area contributed by atoms with Crippen LogP contribution in [0.15, 0.2) is 18.2 Å². The van der Waals surface area contributed by atoms with Gasteiger partial charge >= 0.3 is 0 Å². The number of benzene rings is 1. The van der Waals surface area contributed by atoms with Gasteiger partial charge in [0.15, 0.2) is 0 Å². The average Bonchev–Trinajstić information content (AvgIpc) is 2.23. The molecule has 19 heavy (non-hydrogen) atoms. The van der Waals surface area contributed by atoms with Gasteiger partial charge in [0.1, 0.15) is 0 Å². The smallest absolute Gasteiger partial charge is 0.0632 e. The standard InChI is InChI=1S/C18H23N/c1-17(2,3)12-10-14-8-7-9-15(16(14)19)11-13-18(4,5)6/h7-9H,19H2,1-6H3. The molecular formula is C18H23N.